The standard InChI is InChI=1S/C23H20INO3/c24-19-13-7-8-16(14-19)15-20(23(27)28)25-22(26)21(17-9-3-1-4-10-17)18-11-5-2-6-12-18/h1-14,20-21H,15H2,(H,25,26)(H,27,28)/t20-/m1/s1. The summed E-state index contributed by atoms with van der Waals surface area (Å²) in [6.07, 6.45) is 0.230. The van der Waals surface area contributed by atoms with Crippen LogP contribution in [0.25, 0.3) is 0 Å². The summed E-state index contributed by atoms with van der Waals surface area (Å²) in [6.45, 7) is 0. The monoisotopic (exact) mass is 485 g/mol. The molecular formula is C23H20INO3. The number of nitrogens with one attached hydrogen (secondary N) is 1. The maximum Gasteiger partial charge on any atom is 0.326 e. The Morgan fingerprint density at radius 1 is 0.857 bits per heavy atom. The lowest BCUT2D eigenvalue weighted by Crippen LogP contribution is -2.44. The first kappa shape index (κ1) is 20.1. The van der Waals surface area contributed by atoms with Crippen LogP contribution in [0, 0.1) is 3.57 Å². The van der Waals surface area contributed by atoms with Crippen LogP contribution in [0.1, 0.15) is 22.6 Å². The zero-order valence-corrected chi connectivity index (χ0v) is 17.2. The van der Waals surface area contributed by atoms with Gasteiger partial charge in [-0.25, -0.2) is 4.79 Å². The highest BCUT2D eigenvalue weighted by atomic mass is 127. The lowest BCUT2D eigenvalue weighted by molar-refractivity contribution is -0.141. The van der Waals surface area contributed by atoms with E-state index in [2.05, 4.69) is 27.9 Å². The SMILES string of the molecule is O=C(N[C@H](Cc1cccc(I)c1)C(=O)O)C(c1ccccc1)c1ccccc1. The van der Waals surface area contributed by atoms with Gasteiger partial charge in [-0.15, -0.1) is 0 Å². The number of hydrogen-bond donors (Lipinski definition) is 2. The van der Waals surface area contributed by atoms with Gasteiger partial charge < -0.3 is 10.4 Å². The van der Waals surface area contributed by atoms with E-state index in [1.54, 1.807) is 0 Å². The van der Waals surface area contributed by atoms with Gasteiger partial charge in [0.15, 0.2) is 0 Å². The van der Waals surface area contributed by atoms with Gasteiger partial charge in [-0.3, -0.25) is 4.79 Å². The second-order valence-corrected chi connectivity index (χ2v) is 7.73. The van der Waals surface area contributed by atoms with Crippen molar-refractivity contribution in [1.82, 2.24) is 5.32 Å². The van der Waals surface area contributed by atoms with Crippen LogP contribution in [0.15, 0.2) is 84.9 Å². The number of carbonyl (C=O) groups is 2. The molecule has 142 valence electrons. The highest BCUT2D eigenvalue weighted by molar-refractivity contribution is 14.1. The van der Waals surface area contributed by atoms with Crippen LogP contribution >= 0.6 is 22.6 Å². The predicted molar refractivity (Wildman–Crippen MR) is 117 cm³/mol. The fourth-order valence-electron chi connectivity index (χ4n) is 3.14. The fourth-order valence-corrected chi connectivity index (χ4v) is 3.75. The Bertz CT molecular complexity index is 905. The molecule has 0 aliphatic rings. The normalized spacial score (nSPS) is 11.8. The van der Waals surface area contributed by atoms with E-state index in [4.69, 9.17) is 0 Å². The van der Waals surface area contributed by atoms with Crippen LogP contribution in [0.4, 0.5) is 0 Å². The van der Waals surface area contributed by atoms with Gasteiger partial charge in [0.05, 0.1) is 5.92 Å². The van der Waals surface area contributed by atoms with E-state index in [1.165, 1.54) is 0 Å². The number of amides is 1. The number of carbonyl (C=O) groups excluding carboxylic acids is 1. The average molecular weight is 485 g/mol. The zero-order chi connectivity index (χ0) is 19.9. The summed E-state index contributed by atoms with van der Waals surface area (Å²) in [5, 5.41) is 12.4. The molecule has 4 nitrogen and oxygen atoms in total. The van der Waals surface area contributed by atoms with E-state index in [-0.39, 0.29) is 12.3 Å². The Labute approximate surface area is 177 Å². The second kappa shape index (κ2) is 9.50. The van der Waals surface area contributed by atoms with Crippen molar-refractivity contribution < 1.29 is 14.7 Å². The zero-order valence-electron chi connectivity index (χ0n) is 15.1. The Morgan fingerprint density at radius 2 is 1.43 bits per heavy atom. The lowest BCUT2D eigenvalue weighted by atomic mass is 9.90. The molecule has 0 fully saturated rings. The highest BCUT2D eigenvalue weighted by Gasteiger charge is 2.27. The minimum absolute atomic E-state index is 0.230. The van der Waals surface area contributed by atoms with Crippen LogP contribution in [0.2, 0.25) is 0 Å². The molecule has 0 unspecified atom stereocenters. The number of halogens is 1. The number of hydrogen-bond acceptors (Lipinski definition) is 2. The molecule has 3 aromatic rings. The van der Waals surface area contributed by atoms with E-state index in [0.717, 1.165) is 20.3 Å². The number of benzene rings is 3. The first-order valence-electron chi connectivity index (χ1n) is 8.92. The first-order chi connectivity index (χ1) is 13.5. The third-order valence-electron chi connectivity index (χ3n) is 4.47. The molecule has 0 bridgehead atoms. The topological polar surface area (TPSA) is 66.4 Å². The van der Waals surface area contributed by atoms with Crippen molar-refractivity contribution >= 4 is 34.5 Å². The summed E-state index contributed by atoms with van der Waals surface area (Å²) in [5.74, 6) is -1.94. The Morgan fingerprint density at radius 3 is 1.93 bits per heavy atom. The smallest absolute Gasteiger partial charge is 0.326 e. The molecule has 2 N–H and O–H groups in total. The van der Waals surface area contributed by atoms with E-state index >= 15 is 0 Å². The summed E-state index contributed by atoms with van der Waals surface area (Å²) in [5.41, 5.74) is 2.52. The van der Waals surface area contributed by atoms with Gasteiger partial charge in [0.2, 0.25) is 5.91 Å². The molecular weight excluding hydrogens is 465 g/mol. The molecule has 28 heavy (non-hydrogen) atoms. The van der Waals surface area contributed by atoms with Crippen molar-refractivity contribution in [2.24, 2.45) is 0 Å². The molecule has 3 rings (SSSR count). The van der Waals surface area contributed by atoms with Gasteiger partial charge in [-0.2, -0.15) is 0 Å². The summed E-state index contributed by atoms with van der Waals surface area (Å²) in [4.78, 5) is 24.9. The van der Waals surface area contributed by atoms with Crippen LogP contribution in [-0.2, 0) is 16.0 Å². The van der Waals surface area contributed by atoms with E-state index in [9.17, 15) is 14.7 Å². The van der Waals surface area contributed by atoms with Gasteiger partial charge >= 0.3 is 5.97 Å². The molecule has 0 saturated carbocycles. The van der Waals surface area contributed by atoms with Gasteiger partial charge in [-0.05, 0) is 51.4 Å². The van der Waals surface area contributed by atoms with E-state index < -0.39 is 17.9 Å². The average Bonchev–Trinajstić information content (AvgIpc) is 2.69. The van der Waals surface area contributed by atoms with Crippen LogP contribution in [0.3, 0.4) is 0 Å². The summed E-state index contributed by atoms with van der Waals surface area (Å²) in [6, 6.07) is 25.4. The van der Waals surface area contributed by atoms with E-state index in [0.29, 0.717) is 0 Å². The Kier molecular flexibility index (Phi) is 6.81. The minimum atomic E-state index is -1.05. The molecule has 1 atom stereocenters. The highest BCUT2D eigenvalue weighted by Crippen LogP contribution is 2.25. The van der Waals surface area contributed by atoms with Crippen molar-refractivity contribution in [3.63, 3.8) is 0 Å². The molecule has 0 aliphatic heterocycles. The van der Waals surface area contributed by atoms with Crippen molar-refractivity contribution in [2.75, 3.05) is 0 Å². The van der Waals surface area contributed by atoms with Gasteiger partial charge in [-0.1, -0.05) is 72.8 Å². The molecule has 5 heteroatoms. The van der Waals surface area contributed by atoms with Crippen molar-refractivity contribution in [1.29, 1.82) is 0 Å². The molecule has 0 heterocycles. The number of carboxylic acid groups (broad SMARTS) is 1. The largest absolute Gasteiger partial charge is 0.480 e. The number of aliphatic carboxylic acids is 1. The fraction of sp³-hybridized carbons (Fsp3) is 0.130. The van der Waals surface area contributed by atoms with Crippen LogP contribution < -0.4 is 5.32 Å². The van der Waals surface area contributed by atoms with Gasteiger partial charge in [0.25, 0.3) is 0 Å². The Balaban J connectivity index is 1.86. The van der Waals surface area contributed by atoms with Crippen molar-refractivity contribution in [3.8, 4) is 0 Å². The molecule has 0 aliphatic carbocycles. The quantitative estimate of drug-likeness (QED) is 0.493. The van der Waals surface area contributed by atoms with E-state index in [1.807, 2.05) is 84.9 Å². The summed E-state index contributed by atoms with van der Waals surface area (Å²) < 4.78 is 1.03. The maximum absolute atomic E-state index is 13.1. The lowest BCUT2D eigenvalue weighted by Gasteiger charge is -2.21. The predicted octanol–water partition coefficient (Wildman–Crippen LogP) is 4.24. The third-order valence-corrected chi connectivity index (χ3v) is 5.14. The Hall–Kier alpha value is -2.67. The molecule has 3 aromatic carbocycles. The molecule has 0 spiro atoms. The van der Waals surface area contributed by atoms with Crippen molar-refractivity contribution in [2.45, 2.75) is 18.4 Å². The number of carboxylic acids is 1. The van der Waals surface area contributed by atoms with Gasteiger partial charge in [0.1, 0.15) is 6.04 Å². The van der Waals surface area contributed by atoms with Crippen LogP contribution in [-0.4, -0.2) is 23.0 Å². The van der Waals surface area contributed by atoms with Gasteiger partial charge in [0, 0.05) is 9.99 Å². The third kappa shape index (κ3) is 5.19. The molecule has 0 aromatic heterocycles. The minimum Gasteiger partial charge on any atom is -0.480 e. The summed E-state index contributed by atoms with van der Waals surface area (Å²) in [7, 11) is 0. The summed E-state index contributed by atoms with van der Waals surface area (Å²) >= 11 is 2.19. The molecule has 1 amide bonds. The molecule has 0 saturated heterocycles. The van der Waals surface area contributed by atoms with Crippen LogP contribution in [0.5, 0.6) is 0 Å². The first-order valence-corrected chi connectivity index (χ1v) is 10.00. The van der Waals surface area contributed by atoms with Crippen molar-refractivity contribution in [3.05, 3.63) is 105 Å². The second-order valence-electron chi connectivity index (χ2n) is 6.49. The number of rotatable bonds is 7. The molecule has 0 radical (unpaired) electrons. The maximum atomic E-state index is 13.1.